The zero-order chi connectivity index (χ0) is 16.2. The van der Waals surface area contributed by atoms with E-state index >= 15 is 0 Å². The number of halogens is 1. The van der Waals surface area contributed by atoms with Crippen LogP contribution in [0.4, 0.5) is 0 Å². The summed E-state index contributed by atoms with van der Waals surface area (Å²) in [5, 5.41) is 0.597. The second kappa shape index (κ2) is 4.81. The zero-order valence-corrected chi connectivity index (χ0v) is 13.3. The molecule has 0 aliphatic carbocycles. The molecule has 0 atom stereocenters. The van der Waals surface area contributed by atoms with Gasteiger partial charge in [0.05, 0.1) is 10.6 Å². The fourth-order valence-electron chi connectivity index (χ4n) is 2.80. The summed E-state index contributed by atoms with van der Waals surface area (Å²) in [4.78, 5) is 12.6. The van der Waals surface area contributed by atoms with E-state index in [-0.39, 0.29) is 4.90 Å². The monoisotopic (exact) mass is 343 g/mol. The third-order valence-corrected chi connectivity index (χ3v) is 5.87. The molecule has 1 aliphatic heterocycles. The van der Waals surface area contributed by atoms with E-state index < -0.39 is 15.6 Å². The third kappa shape index (κ3) is 2.04. The molecule has 0 N–H and O–H groups in total. The fourth-order valence-corrected chi connectivity index (χ4v) is 4.53. The van der Waals surface area contributed by atoms with Gasteiger partial charge in [0.2, 0.25) is 0 Å². The number of benzene rings is 2. The lowest BCUT2D eigenvalue weighted by atomic mass is 10.0. The number of hydrogen-bond acceptors (Lipinski definition) is 3. The van der Waals surface area contributed by atoms with Crippen LogP contribution in [0, 0.1) is 0 Å². The number of aromatic nitrogens is 1. The lowest BCUT2D eigenvalue weighted by molar-refractivity contribution is 0.589. The highest BCUT2D eigenvalue weighted by Gasteiger charge is 2.33. The molecule has 23 heavy (non-hydrogen) atoms. The van der Waals surface area contributed by atoms with Gasteiger partial charge in [-0.2, -0.15) is 3.97 Å². The normalized spacial score (nSPS) is 14.3. The number of rotatable bonds is 1. The smallest absolute Gasteiger partial charge is 0.268 e. The largest absolute Gasteiger partial charge is 0.271 e. The molecule has 4 nitrogen and oxygen atoms in total. The predicted molar refractivity (Wildman–Crippen MR) is 89.2 cm³/mol. The van der Waals surface area contributed by atoms with Gasteiger partial charge < -0.3 is 0 Å². The number of hydrogen-bond donors (Lipinski definition) is 0. The Labute approximate surface area is 137 Å². The van der Waals surface area contributed by atoms with E-state index in [0.717, 1.165) is 9.54 Å². The molecular weight excluding hydrogens is 334 g/mol. The first kappa shape index (κ1) is 14.2. The molecule has 0 unspecified atom stereocenters. The van der Waals surface area contributed by atoms with Gasteiger partial charge in [0.15, 0.2) is 0 Å². The predicted octanol–water partition coefficient (Wildman–Crippen LogP) is 3.39. The van der Waals surface area contributed by atoms with Crippen molar-refractivity contribution in [1.82, 2.24) is 3.97 Å². The fraction of sp³-hybridized carbons (Fsp3) is 0. The molecule has 0 saturated carbocycles. The Morgan fingerprint density at radius 3 is 2.30 bits per heavy atom. The minimum absolute atomic E-state index is 0.158. The van der Waals surface area contributed by atoms with Crippen LogP contribution >= 0.6 is 11.6 Å². The van der Waals surface area contributed by atoms with E-state index in [1.807, 2.05) is 0 Å². The van der Waals surface area contributed by atoms with E-state index in [4.69, 9.17) is 11.6 Å². The molecule has 4 rings (SSSR count). The summed E-state index contributed by atoms with van der Waals surface area (Å²) in [6, 6.07) is 16.7. The van der Waals surface area contributed by atoms with Crippen LogP contribution in [0.15, 0.2) is 70.4 Å². The summed E-state index contributed by atoms with van der Waals surface area (Å²) in [5.74, 6) is 0. The maximum atomic E-state index is 12.5. The van der Waals surface area contributed by atoms with Gasteiger partial charge in [-0.15, -0.1) is 0 Å². The first-order valence-corrected chi connectivity index (χ1v) is 8.68. The number of nitrogens with zero attached hydrogens (tertiary/aromatic N) is 1. The van der Waals surface area contributed by atoms with Gasteiger partial charge in [-0.3, -0.25) is 4.79 Å². The molecule has 114 valence electrons. The Morgan fingerprint density at radius 2 is 1.57 bits per heavy atom. The molecule has 1 aliphatic rings. The first-order valence-electron chi connectivity index (χ1n) is 6.86. The SMILES string of the molecule is O=c1cc(-c2ccc(Cl)cc2)cc2n1S(=O)(=O)c1ccccc1-2. The van der Waals surface area contributed by atoms with Crippen molar-refractivity contribution in [1.29, 1.82) is 0 Å². The van der Waals surface area contributed by atoms with Crippen LogP contribution in [-0.2, 0) is 10.0 Å². The Balaban J connectivity index is 2.04. The molecule has 0 radical (unpaired) electrons. The molecule has 1 aromatic heterocycles. The van der Waals surface area contributed by atoms with E-state index in [9.17, 15) is 13.2 Å². The van der Waals surface area contributed by atoms with Crippen LogP contribution in [0.2, 0.25) is 5.02 Å². The lowest BCUT2D eigenvalue weighted by Gasteiger charge is -2.07. The van der Waals surface area contributed by atoms with E-state index in [1.165, 1.54) is 12.1 Å². The Hall–Kier alpha value is -2.37. The topological polar surface area (TPSA) is 56.1 Å². The average Bonchev–Trinajstić information content (AvgIpc) is 2.77. The minimum atomic E-state index is -3.82. The Morgan fingerprint density at radius 1 is 0.870 bits per heavy atom. The molecule has 2 heterocycles. The summed E-state index contributed by atoms with van der Waals surface area (Å²) in [7, 11) is -3.82. The summed E-state index contributed by atoms with van der Waals surface area (Å²) < 4.78 is 25.9. The van der Waals surface area contributed by atoms with Crippen molar-refractivity contribution in [2.24, 2.45) is 0 Å². The Bertz CT molecular complexity index is 1100. The van der Waals surface area contributed by atoms with Crippen molar-refractivity contribution < 1.29 is 8.42 Å². The third-order valence-electron chi connectivity index (χ3n) is 3.85. The van der Waals surface area contributed by atoms with Crippen LogP contribution in [0.1, 0.15) is 0 Å². The second-order valence-corrected chi connectivity index (χ2v) is 7.43. The maximum Gasteiger partial charge on any atom is 0.271 e. The molecule has 0 bridgehead atoms. The minimum Gasteiger partial charge on any atom is -0.268 e. The molecule has 0 saturated heterocycles. The molecule has 0 spiro atoms. The molecule has 0 amide bonds. The standard InChI is InChI=1S/C17H10ClNO3S/c18-13-7-5-11(6-8-13)12-9-15-14-3-1-2-4-16(14)23(21,22)19(15)17(20)10-12/h1-10H. The summed E-state index contributed by atoms with van der Waals surface area (Å²) >= 11 is 5.88. The van der Waals surface area contributed by atoms with Gasteiger partial charge in [0, 0.05) is 16.7 Å². The van der Waals surface area contributed by atoms with Gasteiger partial charge in [0.25, 0.3) is 15.6 Å². The van der Waals surface area contributed by atoms with Crippen LogP contribution in [0.25, 0.3) is 22.4 Å². The van der Waals surface area contributed by atoms with E-state index in [1.54, 1.807) is 48.5 Å². The highest BCUT2D eigenvalue weighted by atomic mass is 35.5. The van der Waals surface area contributed by atoms with Crippen molar-refractivity contribution in [2.45, 2.75) is 4.90 Å². The van der Waals surface area contributed by atoms with Gasteiger partial charge in [-0.25, -0.2) is 8.42 Å². The zero-order valence-electron chi connectivity index (χ0n) is 11.7. The van der Waals surface area contributed by atoms with Crippen LogP contribution in [-0.4, -0.2) is 12.4 Å². The van der Waals surface area contributed by atoms with Gasteiger partial charge >= 0.3 is 0 Å². The van der Waals surface area contributed by atoms with Gasteiger partial charge in [0.1, 0.15) is 0 Å². The Kier molecular flexibility index (Phi) is 2.98. The molecular formula is C17H10ClNO3S. The first-order chi connectivity index (χ1) is 11.0. The average molecular weight is 344 g/mol. The van der Waals surface area contributed by atoms with E-state index in [2.05, 4.69) is 0 Å². The highest BCUT2D eigenvalue weighted by molar-refractivity contribution is 7.90. The van der Waals surface area contributed by atoms with Crippen LogP contribution < -0.4 is 5.56 Å². The van der Waals surface area contributed by atoms with Crippen molar-refractivity contribution in [3.05, 3.63) is 76.0 Å². The number of fused-ring (bicyclic) bond motifs is 3. The maximum absolute atomic E-state index is 12.5. The molecule has 3 aromatic rings. The van der Waals surface area contributed by atoms with Crippen molar-refractivity contribution in [2.75, 3.05) is 0 Å². The molecule has 0 fully saturated rings. The summed E-state index contributed by atoms with van der Waals surface area (Å²) in [6.45, 7) is 0. The lowest BCUT2D eigenvalue weighted by Crippen LogP contribution is -2.24. The second-order valence-electron chi connectivity index (χ2n) is 5.24. The van der Waals surface area contributed by atoms with Crippen LogP contribution in [0.3, 0.4) is 0 Å². The molecule has 6 heteroatoms. The highest BCUT2D eigenvalue weighted by Crippen LogP contribution is 2.37. The summed E-state index contributed by atoms with van der Waals surface area (Å²) in [6.07, 6.45) is 0. The number of pyridine rings is 1. The summed E-state index contributed by atoms with van der Waals surface area (Å²) in [5.41, 5.74) is 1.82. The van der Waals surface area contributed by atoms with Gasteiger partial charge in [-0.1, -0.05) is 41.9 Å². The van der Waals surface area contributed by atoms with Crippen LogP contribution in [0.5, 0.6) is 0 Å². The van der Waals surface area contributed by atoms with Crippen molar-refractivity contribution in [3.8, 4) is 22.4 Å². The van der Waals surface area contributed by atoms with Crippen molar-refractivity contribution in [3.63, 3.8) is 0 Å². The van der Waals surface area contributed by atoms with Gasteiger partial charge in [-0.05, 0) is 35.4 Å². The quantitative estimate of drug-likeness (QED) is 0.532. The van der Waals surface area contributed by atoms with E-state index in [0.29, 0.717) is 21.8 Å². The molecule has 2 aromatic carbocycles. The van der Waals surface area contributed by atoms with Crippen molar-refractivity contribution >= 4 is 21.6 Å².